The fraction of sp³-hybridized carbons (Fsp3) is 0.167. The van der Waals surface area contributed by atoms with Crippen LogP contribution in [-0.2, 0) is 0 Å². The van der Waals surface area contributed by atoms with Gasteiger partial charge in [0.15, 0.2) is 0 Å². The van der Waals surface area contributed by atoms with E-state index >= 15 is 0 Å². The Morgan fingerprint density at radius 3 is 2.78 bits per heavy atom. The summed E-state index contributed by atoms with van der Waals surface area (Å²) < 4.78 is 0. The lowest BCUT2D eigenvalue weighted by molar-refractivity contribution is 1.05. The molecule has 2 atom stereocenters. The zero-order chi connectivity index (χ0) is 15.8. The smallest absolute Gasteiger partial charge is 0.103 e. The third-order valence-corrected chi connectivity index (χ3v) is 4.46. The molecule has 4 rings (SSSR count). The molecule has 0 spiro atoms. The Labute approximate surface area is 138 Å². The van der Waals surface area contributed by atoms with Crippen molar-refractivity contribution in [2.75, 3.05) is 5.32 Å². The average molecular weight is 321 g/mol. The van der Waals surface area contributed by atoms with Crippen LogP contribution in [0.4, 0.5) is 5.69 Å². The summed E-state index contributed by atoms with van der Waals surface area (Å²) in [5, 5.41) is 14.6. The second-order valence-corrected chi connectivity index (χ2v) is 6.13. The topological polar surface area (TPSA) is 61.6 Å². The molecular weight excluding hydrogens is 308 g/mol. The van der Waals surface area contributed by atoms with Crippen molar-refractivity contribution in [3.8, 4) is 6.07 Å². The molecule has 0 aliphatic heterocycles. The van der Waals surface area contributed by atoms with Gasteiger partial charge in [0.2, 0.25) is 0 Å². The van der Waals surface area contributed by atoms with Crippen LogP contribution in [0.15, 0.2) is 48.9 Å². The van der Waals surface area contributed by atoms with E-state index in [9.17, 15) is 5.26 Å². The van der Waals surface area contributed by atoms with Gasteiger partial charge in [0.1, 0.15) is 6.07 Å². The van der Waals surface area contributed by atoms with Crippen molar-refractivity contribution in [3.05, 3.63) is 65.1 Å². The molecule has 1 aliphatic rings. The summed E-state index contributed by atoms with van der Waals surface area (Å²) >= 11 is 5.94. The van der Waals surface area contributed by atoms with Crippen LogP contribution in [0.25, 0.3) is 10.9 Å². The van der Waals surface area contributed by atoms with Gasteiger partial charge in [-0.2, -0.15) is 5.26 Å². The van der Waals surface area contributed by atoms with Crippen LogP contribution in [0, 0.1) is 11.3 Å². The summed E-state index contributed by atoms with van der Waals surface area (Å²) in [6.45, 7) is 0. The molecule has 2 heterocycles. The third kappa shape index (κ3) is 2.60. The molecule has 4 nitrogen and oxygen atoms in total. The van der Waals surface area contributed by atoms with Crippen LogP contribution in [0.3, 0.4) is 0 Å². The van der Waals surface area contributed by atoms with Gasteiger partial charge in [-0.3, -0.25) is 9.97 Å². The van der Waals surface area contributed by atoms with Crippen molar-refractivity contribution in [3.63, 3.8) is 0 Å². The van der Waals surface area contributed by atoms with Crippen molar-refractivity contribution in [1.82, 2.24) is 9.97 Å². The van der Waals surface area contributed by atoms with Gasteiger partial charge in [-0.25, -0.2) is 0 Å². The Bertz CT molecular complexity index is 914. The first-order valence-electron chi connectivity index (χ1n) is 7.41. The Morgan fingerprint density at radius 2 is 2.00 bits per heavy atom. The van der Waals surface area contributed by atoms with E-state index < -0.39 is 0 Å². The molecule has 0 radical (unpaired) electrons. The zero-order valence-corrected chi connectivity index (χ0v) is 13.0. The summed E-state index contributed by atoms with van der Waals surface area (Å²) in [6, 6.07) is 12.4. The Hall–Kier alpha value is -2.64. The summed E-state index contributed by atoms with van der Waals surface area (Å²) in [6.07, 6.45) is 6.08. The maximum atomic E-state index is 9.36. The number of pyridine rings is 2. The van der Waals surface area contributed by atoms with Crippen molar-refractivity contribution >= 4 is 28.2 Å². The van der Waals surface area contributed by atoms with E-state index in [1.165, 1.54) is 5.56 Å². The minimum atomic E-state index is 0.321. The van der Waals surface area contributed by atoms with E-state index in [4.69, 9.17) is 11.6 Å². The van der Waals surface area contributed by atoms with Crippen molar-refractivity contribution in [1.29, 1.82) is 5.26 Å². The van der Waals surface area contributed by atoms with E-state index in [1.807, 2.05) is 18.2 Å². The third-order valence-electron chi connectivity index (χ3n) is 4.21. The molecule has 1 aliphatic carbocycles. The minimum absolute atomic E-state index is 0.321. The molecule has 1 fully saturated rings. The van der Waals surface area contributed by atoms with Gasteiger partial charge in [0.25, 0.3) is 0 Å². The predicted molar refractivity (Wildman–Crippen MR) is 90.5 cm³/mol. The van der Waals surface area contributed by atoms with Crippen LogP contribution in [0.1, 0.15) is 23.5 Å². The standard InChI is InChI=1S/C18H13ClN4/c19-13-3-1-11(2-4-13)15-7-16(15)23-18-12(8-20)9-22-17-10-21-6-5-14(17)18/h1-6,9-10,15-16H,7H2,(H,22,23)/t15-,16+/m0/s1. The fourth-order valence-corrected chi connectivity index (χ4v) is 3.03. The molecule has 0 unspecified atom stereocenters. The lowest BCUT2D eigenvalue weighted by Crippen LogP contribution is -2.07. The van der Waals surface area contributed by atoms with Gasteiger partial charge in [-0.05, 0) is 30.2 Å². The van der Waals surface area contributed by atoms with E-state index in [0.717, 1.165) is 28.0 Å². The van der Waals surface area contributed by atoms with E-state index in [2.05, 4.69) is 33.5 Å². The molecule has 112 valence electrons. The second-order valence-electron chi connectivity index (χ2n) is 5.70. The maximum Gasteiger partial charge on any atom is 0.103 e. The predicted octanol–water partition coefficient (Wildman–Crippen LogP) is 4.12. The average Bonchev–Trinajstić information content (AvgIpc) is 3.35. The van der Waals surface area contributed by atoms with Gasteiger partial charge in [-0.1, -0.05) is 23.7 Å². The first-order valence-corrected chi connectivity index (χ1v) is 7.79. The molecule has 1 N–H and O–H groups in total. The molecule has 5 heteroatoms. The summed E-state index contributed by atoms with van der Waals surface area (Å²) in [4.78, 5) is 8.38. The van der Waals surface area contributed by atoms with Gasteiger partial charge in [0, 0.05) is 34.8 Å². The van der Waals surface area contributed by atoms with Gasteiger partial charge < -0.3 is 5.32 Å². The molecule has 1 saturated carbocycles. The Kier molecular flexibility index (Phi) is 3.36. The van der Waals surface area contributed by atoms with Crippen LogP contribution in [0.5, 0.6) is 0 Å². The van der Waals surface area contributed by atoms with Crippen LogP contribution < -0.4 is 5.32 Å². The SMILES string of the molecule is N#Cc1cnc2cnccc2c1N[C@@H]1C[C@H]1c1ccc(Cl)cc1. The van der Waals surface area contributed by atoms with Gasteiger partial charge in [-0.15, -0.1) is 0 Å². The highest BCUT2D eigenvalue weighted by Crippen LogP contribution is 2.44. The number of hydrogen-bond donors (Lipinski definition) is 1. The summed E-state index contributed by atoms with van der Waals surface area (Å²) in [7, 11) is 0. The van der Waals surface area contributed by atoms with Crippen molar-refractivity contribution < 1.29 is 0 Å². The van der Waals surface area contributed by atoms with Gasteiger partial charge >= 0.3 is 0 Å². The lowest BCUT2D eigenvalue weighted by Gasteiger charge is -2.11. The zero-order valence-electron chi connectivity index (χ0n) is 12.2. The number of halogens is 1. The van der Waals surface area contributed by atoms with Crippen LogP contribution >= 0.6 is 11.6 Å². The normalized spacial score (nSPS) is 19.3. The maximum absolute atomic E-state index is 9.36. The molecular formula is C18H13ClN4. The first kappa shape index (κ1) is 14.0. The van der Waals surface area contributed by atoms with Crippen LogP contribution in [0.2, 0.25) is 5.02 Å². The number of hydrogen-bond acceptors (Lipinski definition) is 4. The number of aromatic nitrogens is 2. The van der Waals surface area contributed by atoms with Crippen molar-refractivity contribution in [2.45, 2.75) is 18.4 Å². The summed E-state index contributed by atoms with van der Waals surface area (Å²) in [5.41, 5.74) is 3.47. The van der Waals surface area contributed by atoms with Crippen LogP contribution in [-0.4, -0.2) is 16.0 Å². The number of fused-ring (bicyclic) bond motifs is 1. The number of nitrogens with zero attached hydrogens (tertiary/aromatic N) is 3. The number of anilines is 1. The monoisotopic (exact) mass is 320 g/mol. The lowest BCUT2D eigenvalue weighted by atomic mass is 10.1. The quantitative estimate of drug-likeness (QED) is 0.788. The molecule has 0 amide bonds. The minimum Gasteiger partial charge on any atom is -0.380 e. The first-order chi connectivity index (χ1) is 11.3. The molecule has 0 saturated heterocycles. The fourth-order valence-electron chi connectivity index (χ4n) is 2.90. The molecule has 0 bridgehead atoms. The highest BCUT2D eigenvalue weighted by atomic mass is 35.5. The largest absolute Gasteiger partial charge is 0.380 e. The molecule has 3 aromatic rings. The van der Waals surface area contributed by atoms with Crippen molar-refractivity contribution in [2.24, 2.45) is 0 Å². The molecule has 1 aromatic carbocycles. The van der Waals surface area contributed by atoms with Gasteiger partial charge in [0.05, 0.1) is 23.0 Å². The number of nitrogens with one attached hydrogen (secondary N) is 1. The molecule has 23 heavy (non-hydrogen) atoms. The Balaban J connectivity index is 1.64. The summed E-state index contributed by atoms with van der Waals surface area (Å²) in [5.74, 6) is 0.448. The highest BCUT2D eigenvalue weighted by molar-refractivity contribution is 6.30. The number of nitriles is 1. The highest BCUT2D eigenvalue weighted by Gasteiger charge is 2.38. The number of rotatable bonds is 3. The van der Waals surface area contributed by atoms with E-state index in [-0.39, 0.29) is 0 Å². The van der Waals surface area contributed by atoms with E-state index in [1.54, 1.807) is 18.6 Å². The molecule has 2 aromatic heterocycles. The Morgan fingerprint density at radius 1 is 1.17 bits per heavy atom. The van der Waals surface area contributed by atoms with E-state index in [0.29, 0.717) is 17.5 Å². The second kappa shape index (κ2) is 5.53. The number of benzene rings is 1.